The molecule has 0 saturated heterocycles. The van der Waals surface area contributed by atoms with Crippen molar-refractivity contribution in [2.75, 3.05) is 19.5 Å². The molecule has 2 aromatic carbocycles. The summed E-state index contributed by atoms with van der Waals surface area (Å²) in [4.78, 5) is 17.0. The normalized spacial score (nSPS) is 11.7. The summed E-state index contributed by atoms with van der Waals surface area (Å²) >= 11 is 3.01. The zero-order valence-corrected chi connectivity index (χ0v) is 17.6. The van der Waals surface area contributed by atoms with Crippen LogP contribution in [0.1, 0.15) is 12.5 Å². The van der Waals surface area contributed by atoms with Gasteiger partial charge in [-0.05, 0) is 30.7 Å². The molecule has 1 heterocycles. The van der Waals surface area contributed by atoms with Crippen molar-refractivity contribution >= 4 is 34.1 Å². The minimum Gasteiger partial charge on any atom is -0.493 e. The van der Waals surface area contributed by atoms with Gasteiger partial charge in [-0.1, -0.05) is 30.3 Å². The number of amides is 1. The van der Waals surface area contributed by atoms with Crippen molar-refractivity contribution in [3.8, 4) is 22.8 Å². The number of benzene rings is 2. The third kappa shape index (κ3) is 5.05. The maximum atomic E-state index is 12.5. The minimum atomic E-state index is -0.173. The van der Waals surface area contributed by atoms with Crippen molar-refractivity contribution < 1.29 is 14.3 Å². The van der Waals surface area contributed by atoms with E-state index >= 15 is 0 Å². The Bertz CT molecular complexity index is 928. The van der Waals surface area contributed by atoms with E-state index in [4.69, 9.17) is 9.47 Å². The van der Waals surface area contributed by atoms with Crippen LogP contribution in [0.25, 0.3) is 11.3 Å². The van der Waals surface area contributed by atoms with Crippen LogP contribution in [0.4, 0.5) is 5.13 Å². The first-order chi connectivity index (χ1) is 13.6. The van der Waals surface area contributed by atoms with E-state index in [0.29, 0.717) is 16.6 Å². The minimum absolute atomic E-state index is 0.0471. The standard InChI is InChI=1S/C21H22N2O3S2/c1-14(27-12-15-7-5-4-6-8-15)20(24)23-21-22-17(13-28-21)16-9-10-18(25-2)19(11-16)26-3/h4-11,13-14H,12H2,1-3H3,(H,22,23,24). The Hall–Kier alpha value is -2.51. The number of hydrogen-bond acceptors (Lipinski definition) is 6. The SMILES string of the molecule is COc1ccc(-c2csc(NC(=O)C(C)SCc3ccccc3)n2)cc1OC. The second-order valence-corrected chi connectivity index (χ2v) is 8.22. The van der Waals surface area contributed by atoms with Crippen LogP contribution < -0.4 is 14.8 Å². The van der Waals surface area contributed by atoms with E-state index in [9.17, 15) is 4.79 Å². The van der Waals surface area contributed by atoms with Gasteiger partial charge in [-0.2, -0.15) is 0 Å². The molecule has 5 nitrogen and oxygen atoms in total. The third-order valence-corrected chi connectivity index (χ3v) is 6.10. The molecule has 1 aromatic heterocycles. The van der Waals surface area contributed by atoms with Gasteiger partial charge in [-0.25, -0.2) is 4.98 Å². The number of thiazole rings is 1. The Labute approximate surface area is 173 Å². The van der Waals surface area contributed by atoms with Crippen LogP contribution in [0.2, 0.25) is 0 Å². The quantitative estimate of drug-likeness (QED) is 0.556. The largest absolute Gasteiger partial charge is 0.493 e. The van der Waals surface area contributed by atoms with Gasteiger partial charge >= 0.3 is 0 Å². The summed E-state index contributed by atoms with van der Waals surface area (Å²) in [6.07, 6.45) is 0. The zero-order chi connectivity index (χ0) is 19.9. The number of anilines is 1. The lowest BCUT2D eigenvalue weighted by molar-refractivity contribution is -0.115. The van der Waals surface area contributed by atoms with Gasteiger partial charge in [0, 0.05) is 16.7 Å². The number of nitrogens with zero attached hydrogens (tertiary/aromatic N) is 1. The molecule has 28 heavy (non-hydrogen) atoms. The van der Waals surface area contributed by atoms with E-state index in [0.717, 1.165) is 17.0 Å². The molecule has 0 spiro atoms. The fourth-order valence-electron chi connectivity index (χ4n) is 2.54. The van der Waals surface area contributed by atoms with E-state index in [-0.39, 0.29) is 11.2 Å². The summed E-state index contributed by atoms with van der Waals surface area (Å²) in [5.41, 5.74) is 2.89. The second-order valence-electron chi connectivity index (χ2n) is 6.04. The highest BCUT2D eigenvalue weighted by molar-refractivity contribution is 7.99. The first-order valence-corrected chi connectivity index (χ1v) is 10.7. The van der Waals surface area contributed by atoms with E-state index < -0.39 is 0 Å². The molecule has 146 valence electrons. The number of ether oxygens (including phenoxy) is 2. The summed E-state index contributed by atoms with van der Waals surface area (Å²) in [6.45, 7) is 1.91. The lowest BCUT2D eigenvalue weighted by atomic mass is 10.1. The summed E-state index contributed by atoms with van der Waals surface area (Å²) in [7, 11) is 3.20. The summed E-state index contributed by atoms with van der Waals surface area (Å²) in [5.74, 6) is 2.06. The van der Waals surface area contributed by atoms with Crippen molar-refractivity contribution in [1.29, 1.82) is 0 Å². The van der Waals surface area contributed by atoms with Gasteiger partial charge in [-0.3, -0.25) is 4.79 Å². The third-order valence-electron chi connectivity index (χ3n) is 4.13. The molecule has 0 fully saturated rings. The van der Waals surface area contributed by atoms with Crippen LogP contribution >= 0.6 is 23.1 Å². The number of hydrogen-bond donors (Lipinski definition) is 1. The monoisotopic (exact) mass is 414 g/mol. The van der Waals surface area contributed by atoms with Gasteiger partial charge in [0.15, 0.2) is 16.6 Å². The number of carbonyl (C=O) groups is 1. The summed E-state index contributed by atoms with van der Waals surface area (Å²) < 4.78 is 10.6. The van der Waals surface area contributed by atoms with Crippen LogP contribution in [0.3, 0.4) is 0 Å². The topological polar surface area (TPSA) is 60.5 Å². The number of methoxy groups -OCH3 is 2. The molecule has 0 radical (unpaired) electrons. The molecule has 3 rings (SSSR count). The van der Waals surface area contributed by atoms with Crippen LogP contribution in [0.5, 0.6) is 11.5 Å². The summed E-state index contributed by atoms with van der Waals surface area (Å²) in [5, 5.41) is 5.24. The lowest BCUT2D eigenvalue weighted by Crippen LogP contribution is -2.22. The number of thioether (sulfide) groups is 1. The molecule has 0 aliphatic carbocycles. The fourth-order valence-corrected chi connectivity index (χ4v) is 4.11. The summed E-state index contributed by atoms with van der Waals surface area (Å²) in [6, 6.07) is 15.8. The Morgan fingerprint density at radius 1 is 1.14 bits per heavy atom. The molecule has 0 aliphatic heterocycles. The van der Waals surface area contributed by atoms with Crippen molar-refractivity contribution in [1.82, 2.24) is 4.98 Å². The Morgan fingerprint density at radius 2 is 1.89 bits per heavy atom. The van der Waals surface area contributed by atoms with Gasteiger partial charge in [0.05, 0.1) is 25.2 Å². The Kier molecular flexibility index (Phi) is 6.95. The average molecular weight is 415 g/mol. The maximum absolute atomic E-state index is 12.5. The Balaban J connectivity index is 1.61. The van der Waals surface area contributed by atoms with Crippen molar-refractivity contribution in [2.24, 2.45) is 0 Å². The smallest absolute Gasteiger partial charge is 0.238 e. The van der Waals surface area contributed by atoms with Gasteiger partial charge < -0.3 is 14.8 Å². The highest BCUT2D eigenvalue weighted by Crippen LogP contribution is 2.33. The average Bonchev–Trinajstić information content (AvgIpc) is 3.20. The molecule has 1 amide bonds. The van der Waals surface area contributed by atoms with Crippen LogP contribution in [0.15, 0.2) is 53.9 Å². The van der Waals surface area contributed by atoms with E-state index in [2.05, 4.69) is 22.4 Å². The molecule has 1 N–H and O–H groups in total. The first kappa shape index (κ1) is 20.2. The molecule has 7 heteroatoms. The lowest BCUT2D eigenvalue weighted by Gasteiger charge is -2.10. The predicted molar refractivity (Wildman–Crippen MR) is 116 cm³/mol. The van der Waals surface area contributed by atoms with Crippen LogP contribution in [-0.4, -0.2) is 30.4 Å². The molecule has 0 saturated carbocycles. The first-order valence-electron chi connectivity index (χ1n) is 8.75. The highest BCUT2D eigenvalue weighted by Gasteiger charge is 2.16. The maximum Gasteiger partial charge on any atom is 0.238 e. The fraction of sp³-hybridized carbons (Fsp3) is 0.238. The van der Waals surface area contributed by atoms with Gasteiger partial charge in [0.1, 0.15) is 0 Å². The molecule has 1 unspecified atom stereocenters. The van der Waals surface area contributed by atoms with Gasteiger partial charge in [0.2, 0.25) is 5.91 Å². The molecular formula is C21H22N2O3S2. The van der Waals surface area contributed by atoms with Crippen molar-refractivity contribution in [3.63, 3.8) is 0 Å². The highest BCUT2D eigenvalue weighted by atomic mass is 32.2. The predicted octanol–water partition coefficient (Wildman–Crippen LogP) is 5.09. The molecular weight excluding hydrogens is 392 g/mol. The van der Waals surface area contributed by atoms with Crippen molar-refractivity contribution in [3.05, 3.63) is 59.5 Å². The van der Waals surface area contributed by atoms with Crippen LogP contribution in [-0.2, 0) is 10.5 Å². The Morgan fingerprint density at radius 3 is 2.61 bits per heavy atom. The number of rotatable bonds is 8. The second kappa shape index (κ2) is 9.61. The number of carbonyl (C=O) groups excluding carboxylic acids is 1. The van der Waals surface area contributed by atoms with Gasteiger partial charge in [0.25, 0.3) is 0 Å². The van der Waals surface area contributed by atoms with Gasteiger partial charge in [-0.15, -0.1) is 23.1 Å². The van der Waals surface area contributed by atoms with E-state index in [1.165, 1.54) is 16.9 Å². The van der Waals surface area contributed by atoms with E-state index in [1.807, 2.05) is 48.7 Å². The molecule has 3 aromatic rings. The van der Waals surface area contributed by atoms with Crippen LogP contribution in [0, 0.1) is 0 Å². The number of nitrogens with one attached hydrogen (secondary N) is 1. The molecule has 1 atom stereocenters. The zero-order valence-electron chi connectivity index (χ0n) is 16.0. The number of aromatic nitrogens is 1. The molecule has 0 aliphatic rings. The van der Waals surface area contributed by atoms with Crippen molar-refractivity contribution in [2.45, 2.75) is 17.9 Å². The van der Waals surface area contributed by atoms with E-state index in [1.54, 1.807) is 26.0 Å². The molecule has 0 bridgehead atoms.